The lowest BCUT2D eigenvalue weighted by atomic mass is 10.2. The van der Waals surface area contributed by atoms with Crippen molar-refractivity contribution in [3.8, 4) is 5.75 Å². The fourth-order valence-corrected chi connectivity index (χ4v) is 1.67. The van der Waals surface area contributed by atoms with Gasteiger partial charge < -0.3 is 19.5 Å². The number of rotatable bonds is 10. The molecule has 1 aromatic rings. The molecule has 0 saturated carbocycles. The van der Waals surface area contributed by atoms with Gasteiger partial charge in [0, 0.05) is 25.3 Å². The highest BCUT2D eigenvalue weighted by Gasteiger charge is 2.03. The molecule has 0 radical (unpaired) electrons. The van der Waals surface area contributed by atoms with E-state index in [1.54, 1.807) is 25.3 Å². The predicted octanol–water partition coefficient (Wildman–Crippen LogP) is 2.20. The summed E-state index contributed by atoms with van der Waals surface area (Å²) in [5.74, 6) is 0.481. The fourth-order valence-electron chi connectivity index (χ4n) is 1.55. The highest BCUT2D eigenvalue weighted by molar-refractivity contribution is 6.31. The van der Waals surface area contributed by atoms with E-state index >= 15 is 0 Å². The summed E-state index contributed by atoms with van der Waals surface area (Å²) in [6, 6.07) is 5.30. The van der Waals surface area contributed by atoms with Crippen LogP contribution in [0.2, 0.25) is 5.02 Å². The second kappa shape index (κ2) is 10.4. The van der Waals surface area contributed by atoms with Gasteiger partial charge in [-0.2, -0.15) is 0 Å². The molecule has 0 unspecified atom stereocenters. The third-order valence-corrected chi connectivity index (χ3v) is 3.14. The second-order valence-electron chi connectivity index (χ2n) is 4.51. The summed E-state index contributed by atoms with van der Waals surface area (Å²) in [5.41, 5.74) is 0.919. The standard InChI is InChI=1S/C15H22ClNO4/c1-12-10-13(4-5-14(12)16)21-11-15(18)17-6-3-7-20-9-8-19-2/h4-5,10H,3,6-9,11H2,1-2H3,(H,17,18). The average molecular weight is 316 g/mol. The lowest BCUT2D eigenvalue weighted by Crippen LogP contribution is -2.30. The molecule has 5 nitrogen and oxygen atoms in total. The van der Waals surface area contributed by atoms with Crippen LogP contribution in [0.4, 0.5) is 0 Å². The summed E-state index contributed by atoms with van der Waals surface area (Å²) in [4.78, 5) is 11.6. The summed E-state index contributed by atoms with van der Waals surface area (Å²) < 4.78 is 15.5. The Bertz CT molecular complexity index is 440. The summed E-state index contributed by atoms with van der Waals surface area (Å²) in [6.45, 7) is 4.20. The molecule has 0 atom stereocenters. The molecular weight excluding hydrogens is 294 g/mol. The maximum atomic E-state index is 11.6. The van der Waals surface area contributed by atoms with Crippen molar-refractivity contribution in [2.45, 2.75) is 13.3 Å². The van der Waals surface area contributed by atoms with Crippen molar-refractivity contribution < 1.29 is 19.0 Å². The highest BCUT2D eigenvalue weighted by Crippen LogP contribution is 2.20. The number of carbonyl (C=O) groups excluding carboxylic acids is 1. The van der Waals surface area contributed by atoms with E-state index in [9.17, 15) is 4.79 Å². The number of aryl methyl sites for hydroxylation is 1. The Hall–Kier alpha value is -1.30. The lowest BCUT2D eigenvalue weighted by molar-refractivity contribution is -0.123. The van der Waals surface area contributed by atoms with Crippen LogP contribution < -0.4 is 10.1 Å². The summed E-state index contributed by atoms with van der Waals surface area (Å²) >= 11 is 5.92. The Labute approximate surface area is 130 Å². The van der Waals surface area contributed by atoms with Crippen molar-refractivity contribution >= 4 is 17.5 Å². The van der Waals surface area contributed by atoms with Gasteiger partial charge in [-0.25, -0.2) is 0 Å². The fraction of sp³-hybridized carbons (Fsp3) is 0.533. The van der Waals surface area contributed by atoms with Gasteiger partial charge in [-0.1, -0.05) is 11.6 Å². The van der Waals surface area contributed by atoms with Gasteiger partial charge in [-0.3, -0.25) is 4.79 Å². The molecule has 0 saturated heterocycles. The third kappa shape index (κ3) is 7.90. The van der Waals surface area contributed by atoms with Crippen molar-refractivity contribution in [1.29, 1.82) is 0 Å². The van der Waals surface area contributed by atoms with Gasteiger partial charge in [0.1, 0.15) is 5.75 Å². The van der Waals surface area contributed by atoms with E-state index < -0.39 is 0 Å². The molecule has 118 valence electrons. The van der Waals surface area contributed by atoms with Crippen LogP contribution in [0, 0.1) is 6.92 Å². The zero-order valence-corrected chi connectivity index (χ0v) is 13.2. The Kier molecular flexibility index (Phi) is 8.82. The maximum absolute atomic E-state index is 11.6. The lowest BCUT2D eigenvalue weighted by Gasteiger charge is -2.09. The van der Waals surface area contributed by atoms with E-state index in [1.807, 2.05) is 6.92 Å². The van der Waals surface area contributed by atoms with Crippen molar-refractivity contribution in [1.82, 2.24) is 5.32 Å². The number of nitrogens with one attached hydrogen (secondary N) is 1. The number of hydrogen-bond donors (Lipinski definition) is 1. The van der Waals surface area contributed by atoms with Crippen LogP contribution in [0.25, 0.3) is 0 Å². The van der Waals surface area contributed by atoms with E-state index in [4.69, 9.17) is 25.8 Å². The number of benzene rings is 1. The minimum absolute atomic E-state index is 0.00833. The van der Waals surface area contributed by atoms with E-state index in [2.05, 4.69) is 5.32 Å². The first-order chi connectivity index (χ1) is 10.1. The minimum Gasteiger partial charge on any atom is -0.484 e. The maximum Gasteiger partial charge on any atom is 0.257 e. The number of carbonyl (C=O) groups is 1. The Morgan fingerprint density at radius 2 is 2.10 bits per heavy atom. The molecule has 0 spiro atoms. The van der Waals surface area contributed by atoms with Crippen molar-refractivity contribution in [3.05, 3.63) is 28.8 Å². The van der Waals surface area contributed by atoms with Gasteiger partial charge in [0.2, 0.25) is 0 Å². The minimum atomic E-state index is -0.153. The molecule has 6 heteroatoms. The molecule has 0 aliphatic carbocycles. The number of methoxy groups -OCH3 is 1. The van der Waals surface area contributed by atoms with Crippen LogP contribution in [0.15, 0.2) is 18.2 Å². The smallest absolute Gasteiger partial charge is 0.257 e. The van der Waals surface area contributed by atoms with Crippen molar-refractivity contribution in [3.63, 3.8) is 0 Å². The van der Waals surface area contributed by atoms with Crippen LogP contribution in [-0.2, 0) is 14.3 Å². The van der Waals surface area contributed by atoms with Crippen molar-refractivity contribution in [2.24, 2.45) is 0 Å². The second-order valence-corrected chi connectivity index (χ2v) is 4.92. The number of amides is 1. The van der Waals surface area contributed by atoms with Crippen LogP contribution in [-0.4, -0.2) is 46.0 Å². The van der Waals surface area contributed by atoms with E-state index in [0.717, 1.165) is 12.0 Å². The Morgan fingerprint density at radius 1 is 1.29 bits per heavy atom. The van der Waals surface area contributed by atoms with Crippen LogP contribution in [0.3, 0.4) is 0 Å². The van der Waals surface area contributed by atoms with Gasteiger partial charge in [0.25, 0.3) is 5.91 Å². The molecule has 0 aliphatic heterocycles. The summed E-state index contributed by atoms with van der Waals surface area (Å²) in [5, 5.41) is 3.45. The largest absolute Gasteiger partial charge is 0.484 e. The first-order valence-electron chi connectivity index (χ1n) is 6.86. The van der Waals surface area contributed by atoms with Gasteiger partial charge in [-0.15, -0.1) is 0 Å². The zero-order chi connectivity index (χ0) is 15.5. The molecule has 0 heterocycles. The van der Waals surface area contributed by atoms with E-state index in [1.165, 1.54) is 0 Å². The zero-order valence-electron chi connectivity index (χ0n) is 12.5. The molecule has 1 aromatic carbocycles. The molecule has 1 N–H and O–H groups in total. The molecule has 0 aromatic heterocycles. The Morgan fingerprint density at radius 3 is 2.81 bits per heavy atom. The van der Waals surface area contributed by atoms with Gasteiger partial charge in [-0.05, 0) is 37.1 Å². The van der Waals surface area contributed by atoms with Crippen LogP contribution in [0.1, 0.15) is 12.0 Å². The van der Waals surface area contributed by atoms with Gasteiger partial charge >= 0.3 is 0 Å². The molecule has 0 bridgehead atoms. The SMILES string of the molecule is COCCOCCCNC(=O)COc1ccc(Cl)c(C)c1. The molecule has 1 amide bonds. The van der Waals surface area contributed by atoms with E-state index in [-0.39, 0.29) is 12.5 Å². The topological polar surface area (TPSA) is 56.8 Å². The van der Waals surface area contributed by atoms with E-state index in [0.29, 0.717) is 37.1 Å². The van der Waals surface area contributed by atoms with Crippen LogP contribution >= 0.6 is 11.6 Å². The predicted molar refractivity (Wildman–Crippen MR) is 82.0 cm³/mol. The van der Waals surface area contributed by atoms with Gasteiger partial charge in [0.05, 0.1) is 13.2 Å². The molecule has 1 rings (SSSR count). The molecule has 0 aliphatic rings. The molecule has 21 heavy (non-hydrogen) atoms. The average Bonchev–Trinajstić information content (AvgIpc) is 2.47. The number of ether oxygens (including phenoxy) is 3. The van der Waals surface area contributed by atoms with Crippen LogP contribution in [0.5, 0.6) is 5.75 Å². The first-order valence-corrected chi connectivity index (χ1v) is 7.23. The number of halogens is 1. The number of hydrogen-bond acceptors (Lipinski definition) is 4. The normalized spacial score (nSPS) is 10.4. The first kappa shape index (κ1) is 17.8. The highest BCUT2D eigenvalue weighted by atomic mass is 35.5. The Balaban J connectivity index is 2.09. The quantitative estimate of drug-likeness (QED) is 0.673. The third-order valence-electron chi connectivity index (χ3n) is 2.72. The monoisotopic (exact) mass is 315 g/mol. The molecule has 0 fully saturated rings. The molecular formula is C15H22ClNO4. The summed E-state index contributed by atoms with van der Waals surface area (Å²) in [6.07, 6.45) is 0.759. The summed E-state index contributed by atoms with van der Waals surface area (Å²) in [7, 11) is 1.63. The van der Waals surface area contributed by atoms with Crippen molar-refractivity contribution in [2.75, 3.05) is 40.1 Å². The van der Waals surface area contributed by atoms with Gasteiger partial charge in [0.15, 0.2) is 6.61 Å².